The van der Waals surface area contributed by atoms with Gasteiger partial charge in [-0.15, -0.1) is 11.6 Å². The van der Waals surface area contributed by atoms with E-state index in [1.807, 2.05) is 24.3 Å². The zero-order valence-electron chi connectivity index (χ0n) is 8.22. The highest BCUT2D eigenvalue weighted by Gasteiger charge is 2.04. The van der Waals surface area contributed by atoms with Crippen LogP contribution in [0.1, 0.15) is 5.82 Å². The van der Waals surface area contributed by atoms with Crippen molar-refractivity contribution in [2.24, 2.45) is 0 Å². The largest absolute Gasteiger partial charge is 0.497 e. The predicted octanol–water partition coefficient (Wildman–Crippen LogP) is 2.01. The average molecular weight is 224 g/mol. The summed E-state index contributed by atoms with van der Waals surface area (Å²) in [5.41, 5.74) is 0.920. The first-order chi connectivity index (χ1) is 7.35. The highest BCUT2D eigenvalue weighted by Crippen LogP contribution is 2.15. The van der Waals surface area contributed by atoms with E-state index in [-0.39, 0.29) is 0 Å². The maximum Gasteiger partial charge on any atom is 0.147 e. The second kappa shape index (κ2) is 4.31. The quantitative estimate of drug-likeness (QED) is 0.748. The number of hydrogen-bond acceptors (Lipinski definition) is 3. The minimum Gasteiger partial charge on any atom is -0.497 e. The molecule has 0 amide bonds. The molecule has 0 unspecified atom stereocenters. The molecule has 0 aliphatic carbocycles. The Balaban J connectivity index is 2.37. The standard InChI is InChI=1S/C10H10ClN3O/c1-15-9-4-2-8(3-5-9)14-10(6-11)12-7-13-14/h2-5,7H,6H2,1H3. The minimum absolute atomic E-state index is 0.339. The van der Waals surface area contributed by atoms with Gasteiger partial charge in [0, 0.05) is 0 Å². The summed E-state index contributed by atoms with van der Waals surface area (Å²) in [5, 5.41) is 4.09. The molecule has 5 heteroatoms. The van der Waals surface area contributed by atoms with E-state index in [9.17, 15) is 0 Å². The summed E-state index contributed by atoms with van der Waals surface area (Å²) in [7, 11) is 1.63. The fourth-order valence-corrected chi connectivity index (χ4v) is 1.48. The van der Waals surface area contributed by atoms with Crippen molar-refractivity contribution in [1.29, 1.82) is 0 Å². The number of benzene rings is 1. The van der Waals surface area contributed by atoms with Crippen LogP contribution in [-0.2, 0) is 5.88 Å². The molecule has 0 fully saturated rings. The molecule has 0 aliphatic rings. The molecule has 0 N–H and O–H groups in total. The summed E-state index contributed by atoms with van der Waals surface area (Å²) in [4.78, 5) is 4.04. The predicted molar refractivity (Wildman–Crippen MR) is 57.5 cm³/mol. The first kappa shape index (κ1) is 9.98. The van der Waals surface area contributed by atoms with Gasteiger partial charge in [-0.05, 0) is 24.3 Å². The summed E-state index contributed by atoms with van der Waals surface area (Å²) in [5.74, 6) is 1.87. The van der Waals surface area contributed by atoms with E-state index in [2.05, 4.69) is 10.1 Å². The van der Waals surface area contributed by atoms with Gasteiger partial charge in [-0.2, -0.15) is 5.10 Å². The van der Waals surface area contributed by atoms with Gasteiger partial charge in [0.25, 0.3) is 0 Å². The van der Waals surface area contributed by atoms with Gasteiger partial charge in [-0.3, -0.25) is 0 Å². The zero-order valence-corrected chi connectivity index (χ0v) is 8.98. The monoisotopic (exact) mass is 223 g/mol. The van der Waals surface area contributed by atoms with Crippen LogP contribution in [0, 0.1) is 0 Å². The maximum atomic E-state index is 5.73. The van der Waals surface area contributed by atoms with Gasteiger partial charge in [0.2, 0.25) is 0 Å². The smallest absolute Gasteiger partial charge is 0.147 e. The first-order valence-electron chi connectivity index (χ1n) is 4.44. The molecule has 0 saturated heterocycles. The van der Waals surface area contributed by atoms with Crippen LogP contribution in [0.15, 0.2) is 30.6 Å². The fourth-order valence-electron chi connectivity index (χ4n) is 1.30. The molecular weight excluding hydrogens is 214 g/mol. The summed E-state index contributed by atoms with van der Waals surface area (Å²) in [6.07, 6.45) is 1.49. The number of aromatic nitrogens is 3. The average Bonchev–Trinajstić information content (AvgIpc) is 2.77. The number of nitrogens with zero attached hydrogens (tertiary/aromatic N) is 3. The van der Waals surface area contributed by atoms with Crippen LogP contribution in [0.3, 0.4) is 0 Å². The van der Waals surface area contributed by atoms with Crippen LogP contribution >= 0.6 is 11.6 Å². The first-order valence-corrected chi connectivity index (χ1v) is 4.98. The van der Waals surface area contributed by atoms with Crippen molar-refractivity contribution in [3.8, 4) is 11.4 Å². The van der Waals surface area contributed by atoms with Crippen LogP contribution in [0.4, 0.5) is 0 Å². The number of rotatable bonds is 3. The van der Waals surface area contributed by atoms with Gasteiger partial charge < -0.3 is 4.74 Å². The molecule has 1 aromatic heterocycles. The topological polar surface area (TPSA) is 39.9 Å². The molecule has 78 valence electrons. The molecule has 15 heavy (non-hydrogen) atoms. The second-order valence-electron chi connectivity index (χ2n) is 2.92. The highest BCUT2D eigenvalue weighted by atomic mass is 35.5. The molecule has 0 spiro atoms. The Hall–Kier alpha value is -1.55. The molecule has 2 aromatic rings. The van der Waals surface area contributed by atoms with Gasteiger partial charge in [-0.25, -0.2) is 9.67 Å². The summed E-state index contributed by atoms with van der Waals surface area (Å²) in [6, 6.07) is 7.55. The third kappa shape index (κ3) is 1.94. The molecule has 4 nitrogen and oxygen atoms in total. The van der Waals surface area contributed by atoms with Crippen molar-refractivity contribution in [3.63, 3.8) is 0 Å². The summed E-state index contributed by atoms with van der Waals surface area (Å²) >= 11 is 5.73. The summed E-state index contributed by atoms with van der Waals surface area (Å²) in [6.45, 7) is 0. The Morgan fingerprint density at radius 1 is 1.33 bits per heavy atom. The number of alkyl halides is 1. The number of halogens is 1. The summed E-state index contributed by atoms with van der Waals surface area (Å²) < 4.78 is 6.77. The van der Waals surface area contributed by atoms with Crippen molar-refractivity contribution in [1.82, 2.24) is 14.8 Å². The van der Waals surface area contributed by atoms with Gasteiger partial charge in [0.1, 0.15) is 17.9 Å². The van der Waals surface area contributed by atoms with Crippen molar-refractivity contribution in [3.05, 3.63) is 36.4 Å². The van der Waals surface area contributed by atoms with Crippen molar-refractivity contribution >= 4 is 11.6 Å². The third-order valence-corrected chi connectivity index (χ3v) is 2.29. The van der Waals surface area contributed by atoms with Gasteiger partial charge >= 0.3 is 0 Å². The van der Waals surface area contributed by atoms with Crippen LogP contribution in [-0.4, -0.2) is 21.9 Å². The van der Waals surface area contributed by atoms with E-state index in [4.69, 9.17) is 16.3 Å². The maximum absolute atomic E-state index is 5.73. The molecule has 0 atom stereocenters. The van der Waals surface area contributed by atoms with Gasteiger partial charge in [0.05, 0.1) is 18.7 Å². The Morgan fingerprint density at radius 3 is 2.67 bits per heavy atom. The fraction of sp³-hybridized carbons (Fsp3) is 0.200. The number of methoxy groups -OCH3 is 1. The molecule has 2 rings (SSSR count). The Labute approximate surface area is 92.5 Å². The van der Waals surface area contributed by atoms with Crippen molar-refractivity contribution in [2.75, 3.05) is 7.11 Å². The molecule has 0 aliphatic heterocycles. The minimum atomic E-state index is 0.339. The van der Waals surface area contributed by atoms with Crippen LogP contribution in [0.25, 0.3) is 5.69 Å². The highest BCUT2D eigenvalue weighted by molar-refractivity contribution is 6.16. The van der Waals surface area contributed by atoms with Gasteiger partial charge in [0.15, 0.2) is 0 Å². The second-order valence-corrected chi connectivity index (χ2v) is 3.19. The lowest BCUT2D eigenvalue weighted by Crippen LogP contribution is -2.00. The zero-order chi connectivity index (χ0) is 10.7. The lowest BCUT2D eigenvalue weighted by molar-refractivity contribution is 0.414. The lowest BCUT2D eigenvalue weighted by Gasteiger charge is -2.04. The van der Waals surface area contributed by atoms with Crippen LogP contribution in [0.2, 0.25) is 0 Å². The normalized spacial score (nSPS) is 10.3. The van der Waals surface area contributed by atoms with E-state index < -0.39 is 0 Å². The van der Waals surface area contributed by atoms with E-state index >= 15 is 0 Å². The van der Waals surface area contributed by atoms with E-state index in [0.717, 1.165) is 17.3 Å². The Morgan fingerprint density at radius 2 is 2.07 bits per heavy atom. The lowest BCUT2D eigenvalue weighted by atomic mass is 10.3. The number of hydrogen-bond donors (Lipinski definition) is 0. The third-order valence-electron chi connectivity index (χ3n) is 2.05. The van der Waals surface area contributed by atoms with Crippen LogP contribution in [0.5, 0.6) is 5.75 Å². The molecule has 1 heterocycles. The Kier molecular flexibility index (Phi) is 2.87. The molecule has 0 radical (unpaired) electrons. The SMILES string of the molecule is COc1ccc(-n2ncnc2CCl)cc1. The van der Waals surface area contributed by atoms with E-state index in [1.165, 1.54) is 6.33 Å². The van der Waals surface area contributed by atoms with Crippen molar-refractivity contribution < 1.29 is 4.74 Å². The van der Waals surface area contributed by atoms with E-state index in [0.29, 0.717) is 5.88 Å². The molecule has 0 saturated carbocycles. The number of ether oxygens (including phenoxy) is 1. The molecular formula is C10H10ClN3O. The van der Waals surface area contributed by atoms with Gasteiger partial charge in [-0.1, -0.05) is 0 Å². The van der Waals surface area contributed by atoms with Crippen LogP contribution < -0.4 is 4.74 Å². The van der Waals surface area contributed by atoms with Crippen molar-refractivity contribution in [2.45, 2.75) is 5.88 Å². The Bertz CT molecular complexity index is 438. The molecule has 0 bridgehead atoms. The van der Waals surface area contributed by atoms with E-state index in [1.54, 1.807) is 11.8 Å². The molecule has 1 aromatic carbocycles.